The summed E-state index contributed by atoms with van der Waals surface area (Å²) >= 11 is 0. The van der Waals surface area contributed by atoms with Crippen LogP contribution < -0.4 is 4.90 Å². The number of pyridine rings is 2. The molecule has 0 aromatic carbocycles. The predicted octanol–water partition coefficient (Wildman–Crippen LogP) is 2.59. The first-order valence-corrected chi connectivity index (χ1v) is 6.99. The number of hydrogen-bond donors (Lipinski definition) is 0. The number of halogens is 1. The number of aromatic nitrogens is 2. The fourth-order valence-corrected chi connectivity index (χ4v) is 2.22. The first-order chi connectivity index (χ1) is 10.5. The highest BCUT2D eigenvalue weighted by Crippen LogP contribution is 2.23. The zero-order valence-electron chi connectivity index (χ0n) is 12.5. The molecule has 1 aliphatic heterocycles. The van der Waals surface area contributed by atoms with E-state index in [0.29, 0.717) is 12.3 Å². The van der Waals surface area contributed by atoms with E-state index in [9.17, 15) is 4.39 Å². The predicted molar refractivity (Wildman–Crippen MR) is 81.8 cm³/mol. The molecule has 0 bridgehead atoms. The monoisotopic (exact) mass is 297 g/mol. The van der Waals surface area contributed by atoms with E-state index in [2.05, 4.69) is 40.6 Å². The van der Waals surface area contributed by atoms with Crippen molar-refractivity contribution in [2.75, 3.05) is 18.2 Å². The van der Waals surface area contributed by atoms with Gasteiger partial charge in [-0.2, -0.15) is 0 Å². The Morgan fingerprint density at radius 3 is 2.64 bits per heavy atom. The minimum absolute atomic E-state index is 0.148. The van der Waals surface area contributed by atoms with E-state index >= 15 is 0 Å². The molecule has 5 heteroatoms. The molecule has 1 saturated heterocycles. The molecule has 3 rings (SSSR count). The molecule has 3 heterocycles. The van der Waals surface area contributed by atoms with Crippen molar-refractivity contribution in [1.29, 1.82) is 0 Å². The van der Waals surface area contributed by atoms with Gasteiger partial charge in [-0.05, 0) is 32.0 Å². The average Bonchev–Trinajstić information content (AvgIpc) is 2.86. The van der Waals surface area contributed by atoms with Gasteiger partial charge in [-0.1, -0.05) is 11.8 Å². The first kappa shape index (κ1) is 14.5. The Balaban J connectivity index is 1.73. The van der Waals surface area contributed by atoms with Crippen molar-refractivity contribution in [1.82, 2.24) is 9.97 Å². The Kier molecular flexibility index (Phi) is 3.78. The van der Waals surface area contributed by atoms with Crippen molar-refractivity contribution in [2.24, 2.45) is 0 Å². The highest BCUT2D eigenvalue weighted by Gasteiger charge is 2.30. The van der Waals surface area contributed by atoms with Gasteiger partial charge in [0.15, 0.2) is 0 Å². The minimum atomic E-state index is -0.392. The van der Waals surface area contributed by atoms with Gasteiger partial charge in [-0.15, -0.1) is 0 Å². The van der Waals surface area contributed by atoms with E-state index in [1.807, 2.05) is 12.1 Å². The third kappa shape index (κ3) is 3.41. The fraction of sp³-hybridized carbons (Fsp3) is 0.294. The van der Waals surface area contributed by atoms with Gasteiger partial charge in [0, 0.05) is 23.5 Å². The highest BCUT2D eigenvalue weighted by molar-refractivity contribution is 5.46. The van der Waals surface area contributed by atoms with Crippen LogP contribution in [-0.4, -0.2) is 28.8 Å². The number of hydrogen-bond acceptors (Lipinski definition) is 4. The van der Waals surface area contributed by atoms with Gasteiger partial charge >= 0.3 is 0 Å². The summed E-state index contributed by atoms with van der Waals surface area (Å²) in [7, 11) is 0. The average molecular weight is 297 g/mol. The van der Waals surface area contributed by atoms with Crippen molar-refractivity contribution in [2.45, 2.75) is 19.4 Å². The van der Waals surface area contributed by atoms with Gasteiger partial charge in [0.05, 0.1) is 18.3 Å². The van der Waals surface area contributed by atoms with Gasteiger partial charge in [0.1, 0.15) is 18.4 Å². The van der Waals surface area contributed by atoms with Crippen LogP contribution >= 0.6 is 0 Å². The molecule has 1 fully saturated rings. The Hall–Kier alpha value is -2.45. The standard InChI is InChI=1S/C17H16FN3O/c1-17(2)11-21(12-22-17)16-6-5-13(9-20-16)3-4-14-7-15(18)10-19-8-14/h5-10H,11-12H2,1-2H3. The molecule has 0 spiro atoms. The summed E-state index contributed by atoms with van der Waals surface area (Å²) in [6.45, 7) is 5.46. The van der Waals surface area contributed by atoms with Crippen LogP contribution in [0.5, 0.6) is 0 Å². The number of ether oxygens (including phenoxy) is 1. The van der Waals surface area contributed by atoms with Crippen LogP contribution in [0.3, 0.4) is 0 Å². The molecule has 2 aromatic heterocycles. The van der Waals surface area contributed by atoms with Crippen molar-refractivity contribution in [3.05, 3.63) is 53.7 Å². The maximum absolute atomic E-state index is 13.0. The van der Waals surface area contributed by atoms with Crippen molar-refractivity contribution >= 4 is 5.82 Å². The van der Waals surface area contributed by atoms with E-state index in [0.717, 1.165) is 24.1 Å². The Morgan fingerprint density at radius 2 is 2.00 bits per heavy atom. The molecular weight excluding hydrogens is 281 g/mol. The third-order valence-corrected chi connectivity index (χ3v) is 3.31. The van der Waals surface area contributed by atoms with E-state index in [4.69, 9.17) is 4.74 Å². The zero-order valence-corrected chi connectivity index (χ0v) is 12.5. The van der Waals surface area contributed by atoms with Crippen LogP contribution in [0, 0.1) is 17.7 Å². The summed E-state index contributed by atoms with van der Waals surface area (Å²) in [6.07, 6.45) is 4.39. The Morgan fingerprint density at radius 1 is 1.18 bits per heavy atom. The lowest BCUT2D eigenvalue weighted by Crippen LogP contribution is -2.27. The maximum atomic E-state index is 13.0. The maximum Gasteiger partial charge on any atom is 0.142 e. The van der Waals surface area contributed by atoms with Crippen LogP contribution in [0.25, 0.3) is 0 Å². The second-order valence-electron chi connectivity index (χ2n) is 5.78. The van der Waals surface area contributed by atoms with Crippen molar-refractivity contribution in [3.63, 3.8) is 0 Å². The lowest BCUT2D eigenvalue weighted by molar-refractivity contribution is 0.0439. The molecule has 112 valence electrons. The molecule has 4 nitrogen and oxygen atoms in total. The molecule has 0 amide bonds. The summed E-state index contributed by atoms with van der Waals surface area (Å²) in [6, 6.07) is 5.16. The number of nitrogens with zero attached hydrogens (tertiary/aromatic N) is 3. The lowest BCUT2D eigenvalue weighted by atomic mass is 10.1. The summed E-state index contributed by atoms with van der Waals surface area (Å²) in [5, 5.41) is 0. The van der Waals surface area contributed by atoms with E-state index in [1.54, 1.807) is 6.20 Å². The smallest absolute Gasteiger partial charge is 0.142 e. The fourth-order valence-electron chi connectivity index (χ4n) is 2.22. The molecule has 0 saturated carbocycles. The van der Waals surface area contributed by atoms with Gasteiger partial charge in [0.25, 0.3) is 0 Å². The molecule has 1 aliphatic rings. The van der Waals surface area contributed by atoms with Crippen molar-refractivity contribution < 1.29 is 9.13 Å². The molecule has 0 aliphatic carbocycles. The molecule has 0 radical (unpaired) electrons. The molecule has 0 atom stereocenters. The Bertz CT molecular complexity index is 732. The molecule has 2 aromatic rings. The quantitative estimate of drug-likeness (QED) is 0.758. The molecule has 0 N–H and O–H groups in total. The Labute approximate surface area is 129 Å². The van der Waals surface area contributed by atoms with E-state index in [1.165, 1.54) is 12.3 Å². The van der Waals surface area contributed by atoms with Gasteiger partial charge in [-0.25, -0.2) is 9.37 Å². The summed E-state index contributed by atoms with van der Waals surface area (Å²) in [4.78, 5) is 10.2. The SMILES string of the molecule is CC1(C)CN(c2ccc(C#Cc3cncc(F)c3)cn2)CO1. The van der Waals surface area contributed by atoms with Crippen LogP contribution in [-0.2, 0) is 4.74 Å². The molecular formula is C17H16FN3O. The summed E-state index contributed by atoms with van der Waals surface area (Å²) < 4.78 is 18.7. The van der Waals surface area contributed by atoms with Crippen LogP contribution in [0.1, 0.15) is 25.0 Å². The molecule has 22 heavy (non-hydrogen) atoms. The van der Waals surface area contributed by atoms with Crippen LogP contribution in [0.15, 0.2) is 36.8 Å². The van der Waals surface area contributed by atoms with Gasteiger partial charge < -0.3 is 9.64 Å². The van der Waals surface area contributed by atoms with Crippen LogP contribution in [0.2, 0.25) is 0 Å². The van der Waals surface area contributed by atoms with E-state index < -0.39 is 5.82 Å². The zero-order chi connectivity index (χ0) is 15.6. The van der Waals surface area contributed by atoms with Crippen molar-refractivity contribution in [3.8, 4) is 11.8 Å². The lowest BCUT2D eigenvalue weighted by Gasteiger charge is -2.17. The van der Waals surface area contributed by atoms with Crippen LogP contribution in [0.4, 0.5) is 10.2 Å². The third-order valence-electron chi connectivity index (χ3n) is 3.31. The second kappa shape index (κ2) is 5.74. The summed E-state index contributed by atoms with van der Waals surface area (Å²) in [5.41, 5.74) is 1.16. The largest absolute Gasteiger partial charge is 0.353 e. The van der Waals surface area contributed by atoms with Gasteiger partial charge in [0.2, 0.25) is 0 Å². The number of rotatable bonds is 1. The minimum Gasteiger partial charge on any atom is -0.353 e. The molecule has 0 unspecified atom stereocenters. The highest BCUT2D eigenvalue weighted by atomic mass is 19.1. The first-order valence-electron chi connectivity index (χ1n) is 6.99. The van der Waals surface area contributed by atoms with E-state index in [-0.39, 0.29) is 5.60 Å². The second-order valence-corrected chi connectivity index (χ2v) is 5.78. The normalized spacial score (nSPS) is 16.2. The number of anilines is 1. The summed E-state index contributed by atoms with van der Waals surface area (Å²) in [5.74, 6) is 6.30. The topological polar surface area (TPSA) is 38.2 Å². The van der Waals surface area contributed by atoms with Gasteiger partial charge in [-0.3, -0.25) is 4.98 Å².